The van der Waals surface area contributed by atoms with Crippen molar-refractivity contribution in [2.24, 2.45) is 0 Å². The summed E-state index contributed by atoms with van der Waals surface area (Å²) in [5.74, 6) is 1.27. The Morgan fingerprint density at radius 3 is 1.85 bits per heavy atom. The standard InChI is InChI=1S/C8H8N3O2/c1-12-7-3-5-6(10-11-9-5)4-8(7)13-2/h3-4H,1-2H3/q-1. The third-order valence-electron chi connectivity index (χ3n) is 1.79. The highest BCUT2D eigenvalue weighted by Crippen LogP contribution is 2.29. The number of nitrogens with zero attached hydrogens (tertiary/aromatic N) is 3. The number of benzene rings is 1. The number of methoxy groups -OCH3 is 2. The maximum absolute atomic E-state index is 5.09. The van der Waals surface area contributed by atoms with Crippen LogP contribution in [-0.4, -0.2) is 24.4 Å². The third kappa shape index (κ3) is 1.18. The second-order valence-corrected chi connectivity index (χ2v) is 2.49. The van der Waals surface area contributed by atoms with Crippen LogP contribution in [0.3, 0.4) is 0 Å². The molecule has 0 N–H and O–H groups in total. The van der Waals surface area contributed by atoms with Gasteiger partial charge >= 0.3 is 0 Å². The van der Waals surface area contributed by atoms with Crippen LogP contribution in [-0.2, 0) is 0 Å². The highest BCUT2D eigenvalue weighted by molar-refractivity contribution is 5.78. The molecule has 1 aromatic carbocycles. The van der Waals surface area contributed by atoms with E-state index in [0.29, 0.717) is 22.5 Å². The summed E-state index contributed by atoms with van der Waals surface area (Å²) in [4.78, 5) is 0. The van der Waals surface area contributed by atoms with E-state index in [1.165, 1.54) is 0 Å². The summed E-state index contributed by atoms with van der Waals surface area (Å²) >= 11 is 0. The highest BCUT2D eigenvalue weighted by atomic mass is 16.5. The van der Waals surface area contributed by atoms with Crippen molar-refractivity contribution in [1.82, 2.24) is 15.4 Å². The van der Waals surface area contributed by atoms with E-state index in [1.807, 2.05) is 0 Å². The zero-order valence-corrected chi connectivity index (χ0v) is 7.31. The Labute approximate surface area is 74.7 Å². The minimum Gasteiger partial charge on any atom is -0.493 e. The minimum atomic E-state index is 0.636. The van der Waals surface area contributed by atoms with Gasteiger partial charge in [-0.2, -0.15) is 0 Å². The molecule has 0 radical (unpaired) electrons. The number of hydrogen-bond acceptors (Lipinski definition) is 4. The molecule has 0 saturated heterocycles. The van der Waals surface area contributed by atoms with Crippen LogP contribution in [0.2, 0.25) is 0 Å². The first-order chi connectivity index (χ1) is 6.35. The van der Waals surface area contributed by atoms with Crippen molar-refractivity contribution in [3.05, 3.63) is 12.1 Å². The summed E-state index contributed by atoms with van der Waals surface area (Å²) in [6.45, 7) is 0. The molecular weight excluding hydrogens is 170 g/mol. The van der Waals surface area contributed by atoms with E-state index in [1.54, 1.807) is 26.4 Å². The molecule has 0 aliphatic heterocycles. The Morgan fingerprint density at radius 1 is 1.00 bits per heavy atom. The molecule has 2 aromatic rings. The molecule has 5 nitrogen and oxygen atoms in total. The molecule has 1 aromatic heterocycles. The fourth-order valence-electron chi connectivity index (χ4n) is 1.14. The van der Waals surface area contributed by atoms with Crippen LogP contribution >= 0.6 is 0 Å². The summed E-state index contributed by atoms with van der Waals surface area (Å²) < 4.78 is 10.2. The summed E-state index contributed by atoms with van der Waals surface area (Å²) in [6.07, 6.45) is 0. The molecule has 0 bridgehead atoms. The smallest absolute Gasteiger partial charge is 0.162 e. The summed E-state index contributed by atoms with van der Waals surface area (Å²) in [6, 6.07) is 3.49. The molecule has 0 fully saturated rings. The summed E-state index contributed by atoms with van der Waals surface area (Å²) in [7, 11) is 3.15. The van der Waals surface area contributed by atoms with Crippen molar-refractivity contribution in [2.45, 2.75) is 0 Å². The Kier molecular flexibility index (Phi) is 1.77. The van der Waals surface area contributed by atoms with Crippen LogP contribution in [0.1, 0.15) is 0 Å². The van der Waals surface area contributed by atoms with Crippen molar-refractivity contribution in [3.63, 3.8) is 0 Å². The van der Waals surface area contributed by atoms with Crippen LogP contribution in [0.15, 0.2) is 12.1 Å². The fraction of sp³-hybridized carbons (Fsp3) is 0.250. The lowest BCUT2D eigenvalue weighted by molar-refractivity contribution is 0.356. The number of ether oxygens (including phenoxy) is 2. The first-order valence-electron chi connectivity index (χ1n) is 3.73. The van der Waals surface area contributed by atoms with Gasteiger partial charge < -0.3 is 24.9 Å². The first-order valence-corrected chi connectivity index (χ1v) is 3.73. The lowest BCUT2D eigenvalue weighted by Crippen LogP contribution is -1.89. The van der Waals surface area contributed by atoms with Crippen LogP contribution in [0.4, 0.5) is 0 Å². The average molecular weight is 178 g/mol. The Morgan fingerprint density at radius 2 is 1.46 bits per heavy atom. The number of rotatable bonds is 2. The molecule has 0 atom stereocenters. The maximum atomic E-state index is 5.09. The van der Waals surface area contributed by atoms with Crippen LogP contribution in [0.25, 0.3) is 11.0 Å². The van der Waals surface area contributed by atoms with E-state index >= 15 is 0 Å². The predicted molar refractivity (Wildman–Crippen MR) is 46.0 cm³/mol. The molecule has 68 valence electrons. The number of aromatic nitrogens is 3. The van der Waals surface area contributed by atoms with Gasteiger partial charge in [0.2, 0.25) is 0 Å². The zero-order valence-electron chi connectivity index (χ0n) is 7.31. The lowest BCUT2D eigenvalue weighted by Gasteiger charge is -2.06. The molecule has 0 aliphatic carbocycles. The van der Waals surface area contributed by atoms with Crippen LogP contribution in [0.5, 0.6) is 11.5 Å². The van der Waals surface area contributed by atoms with Gasteiger partial charge in [-0.15, -0.1) is 0 Å². The monoisotopic (exact) mass is 178 g/mol. The van der Waals surface area contributed by atoms with E-state index in [-0.39, 0.29) is 0 Å². The Bertz CT molecular complexity index is 386. The van der Waals surface area contributed by atoms with Crippen LogP contribution in [0, 0.1) is 0 Å². The van der Waals surface area contributed by atoms with Crippen molar-refractivity contribution < 1.29 is 9.47 Å². The van der Waals surface area contributed by atoms with Gasteiger partial charge in [0.1, 0.15) is 0 Å². The number of hydrogen-bond donors (Lipinski definition) is 0. The number of fused-ring (bicyclic) bond motifs is 1. The van der Waals surface area contributed by atoms with Gasteiger partial charge in [0.25, 0.3) is 0 Å². The lowest BCUT2D eigenvalue weighted by atomic mass is 10.3. The van der Waals surface area contributed by atoms with Gasteiger partial charge in [-0.25, -0.2) is 0 Å². The second-order valence-electron chi connectivity index (χ2n) is 2.49. The molecule has 13 heavy (non-hydrogen) atoms. The summed E-state index contributed by atoms with van der Waals surface area (Å²) in [5.41, 5.74) is 1.41. The molecule has 0 spiro atoms. The average Bonchev–Trinajstić information content (AvgIpc) is 2.62. The van der Waals surface area contributed by atoms with E-state index in [9.17, 15) is 0 Å². The van der Waals surface area contributed by atoms with Gasteiger partial charge in [-0.1, -0.05) is 0 Å². The van der Waals surface area contributed by atoms with Gasteiger partial charge in [-0.3, -0.25) is 0 Å². The van der Waals surface area contributed by atoms with E-state index in [2.05, 4.69) is 15.4 Å². The van der Waals surface area contributed by atoms with E-state index in [0.717, 1.165) is 0 Å². The topological polar surface area (TPSA) is 58.3 Å². The molecule has 0 saturated carbocycles. The van der Waals surface area contributed by atoms with E-state index in [4.69, 9.17) is 9.47 Å². The molecule has 1 heterocycles. The Balaban J connectivity index is 2.67. The van der Waals surface area contributed by atoms with Gasteiger partial charge in [0, 0.05) is 12.1 Å². The van der Waals surface area contributed by atoms with Gasteiger partial charge in [0.15, 0.2) is 11.5 Å². The third-order valence-corrected chi connectivity index (χ3v) is 1.79. The maximum Gasteiger partial charge on any atom is 0.162 e. The second kappa shape index (κ2) is 2.93. The predicted octanol–water partition coefficient (Wildman–Crippen LogP) is 0.604. The van der Waals surface area contributed by atoms with E-state index < -0.39 is 0 Å². The molecule has 2 rings (SSSR count). The molecule has 0 amide bonds. The Hall–Kier alpha value is -1.78. The highest BCUT2D eigenvalue weighted by Gasteiger charge is 2.04. The largest absolute Gasteiger partial charge is 0.493 e. The quantitative estimate of drug-likeness (QED) is 0.674. The van der Waals surface area contributed by atoms with Gasteiger partial charge in [-0.05, 0) is 0 Å². The molecule has 0 aliphatic rings. The van der Waals surface area contributed by atoms with Crippen molar-refractivity contribution in [1.29, 1.82) is 0 Å². The van der Waals surface area contributed by atoms with Crippen LogP contribution < -0.4 is 14.7 Å². The SMILES string of the molecule is COc1cc2n[n-]nc2cc1OC. The van der Waals surface area contributed by atoms with Crippen molar-refractivity contribution >= 4 is 11.0 Å². The molecule has 0 unspecified atom stereocenters. The molecular formula is C8H8N3O2-. The normalized spacial score (nSPS) is 10.3. The molecule has 5 heteroatoms. The fourth-order valence-corrected chi connectivity index (χ4v) is 1.14. The minimum absolute atomic E-state index is 0.636. The van der Waals surface area contributed by atoms with Gasteiger partial charge in [0.05, 0.1) is 25.3 Å². The first kappa shape index (κ1) is 7.85. The van der Waals surface area contributed by atoms with Crippen molar-refractivity contribution in [2.75, 3.05) is 14.2 Å². The summed E-state index contributed by atoms with van der Waals surface area (Å²) in [5, 5.41) is 11.2. The van der Waals surface area contributed by atoms with Crippen molar-refractivity contribution in [3.8, 4) is 11.5 Å². The zero-order chi connectivity index (χ0) is 9.26.